The van der Waals surface area contributed by atoms with Crippen LogP contribution < -0.4 is 0 Å². The van der Waals surface area contributed by atoms with Gasteiger partial charge in [-0.1, -0.05) is 30.3 Å². The molecule has 3 heterocycles. The highest BCUT2D eigenvalue weighted by Crippen LogP contribution is 2.35. The molecule has 0 amide bonds. The summed E-state index contributed by atoms with van der Waals surface area (Å²) in [4.78, 5) is 21.1. The van der Waals surface area contributed by atoms with Crippen LogP contribution in [-0.2, 0) is 9.53 Å². The first-order valence-electron chi connectivity index (χ1n) is 10.0. The van der Waals surface area contributed by atoms with Gasteiger partial charge in [0.05, 0.1) is 17.0 Å². The van der Waals surface area contributed by atoms with E-state index in [1.165, 1.54) is 0 Å². The average molecular weight is 416 g/mol. The lowest BCUT2D eigenvalue weighted by molar-refractivity contribution is -0.160. The lowest BCUT2D eigenvalue weighted by Crippen LogP contribution is -2.29. The number of hydrogen-bond acceptors (Lipinski definition) is 5. The van der Waals surface area contributed by atoms with Crippen molar-refractivity contribution in [1.29, 1.82) is 0 Å². The molecule has 0 spiro atoms. The van der Waals surface area contributed by atoms with Gasteiger partial charge in [0.15, 0.2) is 11.8 Å². The Labute approximate surface area is 180 Å². The molecular formula is C24H24N4O3. The van der Waals surface area contributed by atoms with Gasteiger partial charge in [0, 0.05) is 40.8 Å². The molecule has 4 aromatic rings. The maximum Gasteiger partial charge on any atom is 0.337 e. The Morgan fingerprint density at radius 2 is 1.74 bits per heavy atom. The van der Waals surface area contributed by atoms with E-state index in [0.29, 0.717) is 22.6 Å². The molecule has 0 saturated carbocycles. The van der Waals surface area contributed by atoms with Crippen LogP contribution in [0.3, 0.4) is 0 Å². The van der Waals surface area contributed by atoms with E-state index in [-0.39, 0.29) is 0 Å². The summed E-state index contributed by atoms with van der Waals surface area (Å²) in [5.74, 6) is -1.08. The van der Waals surface area contributed by atoms with Crippen LogP contribution in [0.5, 0.6) is 0 Å². The number of aliphatic carboxylic acids is 1. The van der Waals surface area contributed by atoms with Gasteiger partial charge in [-0.25, -0.2) is 14.3 Å². The van der Waals surface area contributed by atoms with Crippen LogP contribution in [0.25, 0.3) is 28.2 Å². The number of benzene rings is 1. The third-order valence-corrected chi connectivity index (χ3v) is 4.81. The summed E-state index contributed by atoms with van der Waals surface area (Å²) in [6, 6.07) is 15.4. The van der Waals surface area contributed by atoms with Gasteiger partial charge < -0.3 is 9.84 Å². The molecule has 1 unspecified atom stereocenters. The number of rotatable bonds is 5. The van der Waals surface area contributed by atoms with E-state index in [1.807, 2.05) is 69.3 Å². The van der Waals surface area contributed by atoms with Crippen molar-refractivity contribution < 1.29 is 14.6 Å². The molecule has 0 bridgehead atoms. The summed E-state index contributed by atoms with van der Waals surface area (Å²) in [5, 5.41) is 14.8. The maximum absolute atomic E-state index is 12.3. The Morgan fingerprint density at radius 3 is 2.35 bits per heavy atom. The molecular weight excluding hydrogens is 392 g/mol. The summed E-state index contributed by atoms with van der Waals surface area (Å²) in [5.41, 5.74) is 4.14. The lowest BCUT2D eigenvalue weighted by atomic mass is 9.99. The lowest BCUT2D eigenvalue weighted by Gasteiger charge is -2.27. The predicted octanol–water partition coefficient (Wildman–Crippen LogP) is 4.71. The minimum Gasteiger partial charge on any atom is -0.479 e. The Hall–Kier alpha value is -3.58. The molecule has 7 nitrogen and oxygen atoms in total. The van der Waals surface area contributed by atoms with Crippen molar-refractivity contribution in [2.24, 2.45) is 0 Å². The van der Waals surface area contributed by atoms with Crippen LogP contribution in [-0.4, -0.2) is 36.3 Å². The molecule has 0 aliphatic carbocycles. The van der Waals surface area contributed by atoms with Crippen molar-refractivity contribution in [3.8, 4) is 22.5 Å². The standard InChI is InChI=1S/C24H24N4O3/c1-15-20(22(23(29)30)31-24(2,3)4)21(17-10-12-25-13-11-17)28-19(26-15)14-18(27-28)16-8-6-5-7-9-16/h5-14,22H,1-4H3,(H,29,30). The number of carbonyl (C=O) groups is 1. The van der Waals surface area contributed by atoms with Crippen molar-refractivity contribution >= 4 is 11.6 Å². The number of aryl methyl sites for hydroxylation is 1. The van der Waals surface area contributed by atoms with Gasteiger partial charge >= 0.3 is 5.97 Å². The van der Waals surface area contributed by atoms with Crippen LogP contribution in [0.2, 0.25) is 0 Å². The predicted molar refractivity (Wildman–Crippen MR) is 118 cm³/mol. The quantitative estimate of drug-likeness (QED) is 0.507. The fraction of sp³-hybridized carbons (Fsp3) is 0.250. The Bertz CT molecular complexity index is 1230. The highest BCUT2D eigenvalue weighted by Gasteiger charge is 2.33. The number of fused-ring (bicyclic) bond motifs is 1. The summed E-state index contributed by atoms with van der Waals surface area (Å²) in [6.07, 6.45) is 2.13. The first kappa shape index (κ1) is 20.7. The number of nitrogens with zero attached hydrogens (tertiary/aromatic N) is 4. The van der Waals surface area contributed by atoms with Gasteiger partial charge in [-0.15, -0.1) is 0 Å². The Kier molecular flexibility index (Phi) is 5.29. The molecule has 1 aromatic carbocycles. The summed E-state index contributed by atoms with van der Waals surface area (Å²) in [6.45, 7) is 7.30. The molecule has 7 heteroatoms. The van der Waals surface area contributed by atoms with E-state index in [9.17, 15) is 9.90 Å². The SMILES string of the molecule is Cc1nc2cc(-c3ccccc3)nn2c(-c2ccncc2)c1C(OC(C)(C)C)C(=O)O. The van der Waals surface area contributed by atoms with Gasteiger partial charge in [-0.3, -0.25) is 4.98 Å². The number of ether oxygens (including phenoxy) is 1. The largest absolute Gasteiger partial charge is 0.479 e. The van der Waals surface area contributed by atoms with Crippen molar-refractivity contribution in [1.82, 2.24) is 19.6 Å². The molecule has 0 fully saturated rings. The zero-order valence-electron chi connectivity index (χ0n) is 17.9. The molecule has 1 N–H and O–H groups in total. The van der Waals surface area contributed by atoms with Crippen LogP contribution in [0.15, 0.2) is 60.9 Å². The summed E-state index contributed by atoms with van der Waals surface area (Å²) in [7, 11) is 0. The smallest absolute Gasteiger partial charge is 0.337 e. The highest BCUT2D eigenvalue weighted by atomic mass is 16.5. The normalized spacial score (nSPS) is 12.8. The maximum atomic E-state index is 12.3. The van der Waals surface area contributed by atoms with Crippen LogP contribution in [0, 0.1) is 6.92 Å². The van der Waals surface area contributed by atoms with E-state index >= 15 is 0 Å². The van der Waals surface area contributed by atoms with Gasteiger partial charge in [0.2, 0.25) is 0 Å². The number of aromatic nitrogens is 4. The molecule has 0 aliphatic rings. The van der Waals surface area contributed by atoms with Crippen LogP contribution in [0.4, 0.5) is 0 Å². The van der Waals surface area contributed by atoms with Crippen LogP contribution in [0.1, 0.15) is 38.1 Å². The van der Waals surface area contributed by atoms with Gasteiger partial charge in [-0.2, -0.15) is 5.10 Å². The van der Waals surface area contributed by atoms with E-state index in [4.69, 9.17) is 9.84 Å². The number of hydrogen-bond donors (Lipinski definition) is 1. The van der Waals surface area contributed by atoms with Gasteiger partial charge in [-0.05, 0) is 39.8 Å². The number of pyridine rings is 1. The first-order chi connectivity index (χ1) is 14.7. The summed E-state index contributed by atoms with van der Waals surface area (Å²) < 4.78 is 7.67. The van der Waals surface area contributed by atoms with E-state index in [1.54, 1.807) is 23.8 Å². The molecule has 158 valence electrons. The number of carboxylic acids is 1. The molecule has 4 rings (SSSR count). The summed E-state index contributed by atoms with van der Waals surface area (Å²) >= 11 is 0. The third-order valence-electron chi connectivity index (χ3n) is 4.81. The van der Waals surface area contributed by atoms with Crippen molar-refractivity contribution in [2.75, 3.05) is 0 Å². The van der Waals surface area contributed by atoms with Crippen molar-refractivity contribution in [2.45, 2.75) is 39.4 Å². The van der Waals surface area contributed by atoms with E-state index in [0.717, 1.165) is 16.8 Å². The van der Waals surface area contributed by atoms with Gasteiger partial charge in [0.1, 0.15) is 0 Å². The topological polar surface area (TPSA) is 89.6 Å². The fourth-order valence-electron chi connectivity index (χ4n) is 3.57. The molecule has 31 heavy (non-hydrogen) atoms. The van der Waals surface area contributed by atoms with E-state index in [2.05, 4.69) is 9.97 Å². The zero-order valence-corrected chi connectivity index (χ0v) is 17.9. The second-order valence-corrected chi connectivity index (χ2v) is 8.31. The molecule has 3 aromatic heterocycles. The molecule has 1 atom stereocenters. The third kappa shape index (κ3) is 4.18. The van der Waals surface area contributed by atoms with Crippen molar-refractivity contribution in [3.63, 3.8) is 0 Å². The monoisotopic (exact) mass is 416 g/mol. The van der Waals surface area contributed by atoms with Crippen molar-refractivity contribution in [3.05, 3.63) is 72.2 Å². The van der Waals surface area contributed by atoms with Gasteiger partial charge in [0.25, 0.3) is 0 Å². The second kappa shape index (κ2) is 7.92. The minimum atomic E-state index is -1.20. The van der Waals surface area contributed by atoms with E-state index < -0.39 is 17.7 Å². The molecule has 0 aliphatic heterocycles. The first-order valence-corrected chi connectivity index (χ1v) is 10.0. The number of carboxylic acid groups (broad SMARTS) is 1. The second-order valence-electron chi connectivity index (χ2n) is 8.31. The molecule has 0 saturated heterocycles. The fourth-order valence-corrected chi connectivity index (χ4v) is 3.57. The zero-order chi connectivity index (χ0) is 22.2. The molecule has 0 radical (unpaired) electrons. The Balaban J connectivity index is 2.03. The minimum absolute atomic E-state index is 0.476. The Morgan fingerprint density at radius 1 is 1.06 bits per heavy atom. The average Bonchev–Trinajstić information content (AvgIpc) is 3.15. The highest BCUT2D eigenvalue weighted by molar-refractivity contribution is 5.80. The van der Waals surface area contributed by atoms with Crippen LogP contribution >= 0.6 is 0 Å².